The third-order valence-electron chi connectivity index (χ3n) is 5.34. The number of benzene rings is 2. The van der Waals surface area contributed by atoms with Crippen LogP contribution in [0.3, 0.4) is 0 Å². The molecule has 0 saturated carbocycles. The summed E-state index contributed by atoms with van der Waals surface area (Å²) in [5.41, 5.74) is 5.16. The summed E-state index contributed by atoms with van der Waals surface area (Å²) in [7, 11) is 0. The molecule has 0 aliphatic heterocycles. The minimum Gasteiger partial charge on any atom is -0.455 e. The molecule has 2 aromatic carbocycles. The summed E-state index contributed by atoms with van der Waals surface area (Å²) in [6.45, 7) is 2.01. The molecular formula is C27H21N5O2. The van der Waals surface area contributed by atoms with Gasteiger partial charge in [-0.25, -0.2) is 4.98 Å². The van der Waals surface area contributed by atoms with Crippen LogP contribution in [0, 0.1) is 29.6 Å². The zero-order valence-corrected chi connectivity index (χ0v) is 18.5. The fourth-order valence-electron chi connectivity index (χ4n) is 3.44. The van der Waals surface area contributed by atoms with Crippen LogP contribution in [0.15, 0.2) is 73.1 Å². The highest BCUT2D eigenvalue weighted by Crippen LogP contribution is 2.31. The van der Waals surface area contributed by atoms with Gasteiger partial charge in [-0.3, -0.25) is 4.98 Å². The SMILES string of the molecule is Cc1ncc(CNc2ccc(-c3ccc(C#N)cc3)cn2)c(CO)c1Oc1ccc(C#N)cc1. The summed E-state index contributed by atoms with van der Waals surface area (Å²) in [6, 6.07) is 22.1. The molecule has 2 heterocycles. The Bertz CT molecular complexity index is 1370. The van der Waals surface area contributed by atoms with Gasteiger partial charge in [-0.1, -0.05) is 12.1 Å². The summed E-state index contributed by atoms with van der Waals surface area (Å²) in [5.74, 6) is 1.73. The predicted octanol–water partition coefficient (Wildman–Crippen LogP) is 5.09. The Morgan fingerprint density at radius 2 is 1.50 bits per heavy atom. The van der Waals surface area contributed by atoms with Gasteiger partial charge in [0.05, 0.1) is 35.6 Å². The molecule has 0 radical (unpaired) electrons. The summed E-state index contributed by atoms with van der Waals surface area (Å²) in [4.78, 5) is 8.90. The zero-order valence-electron chi connectivity index (χ0n) is 18.5. The van der Waals surface area contributed by atoms with Gasteiger partial charge >= 0.3 is 0 Å². The molecule has 7 heteroatoms. The molecule has 0 aliphatic carbocycles. The van der Waals surface area contributed by atoms with Crippen molar-refractivity contribution in [3.05, 3.63) is 101 Å². The van der Waals surface area contributed by atoms with Crippen LogP contribution in [0.5, 0.6) is 11.5 Å². The first-order chi connectivity index (χ1) is 16.6. The molecule has 166 valence electrons. The van der Waals surface area contributed by atoms with Crippen LogP contribution >= 0.6 is 0 Å². The van der Waals surface area contributed by atoms with E-state index >= 15 is 0 Å². The van der Waals surface area contributed by atoms with Crippen molar-refractivity contribution >= 4 is 5.82 Å². The van der Waals surface area contributed by atoms with Crippen molar-refractivity contribution in [2.45, 2.75) is 20.1 Å². The zero-order chi connectivity index (χ0) is 23.9. The first-order valence-corrected chi connectivity index (χ1v) is 10.6. The van der Waals surface area contributed by atoms with Crippen molar-refractivity contribution in [3.63, 3.8) is 0 Å². The third-order valence-corrected chi connectivity index (χ3v) is 5.34. The number of hydrogen-bond donors (Lipinski definition) is 2. The third kappa shape index (κ3) is 5.02. The van der Waals surface area contributed by atoms with Gasteiger partial charge in [-0.05, 0) is 66.6 Å². The number of nitriles is 2. The molecular weight excluding hydrogens is 426 g/mol. The summed E-state index contributed by atoms with van der Waals surface area (Å²) in [6.07, 6.45) is 3.48. The van der Waals surface area contributed by atoms with E-state index in [1.54, 1.807) is 48.8 Å². The number of nitrogens with one attached hydrogen (secondary N) is 1. The van der Waals surface area contributed by atoms with Gasteiger partial charge in [-0.15, -0.1) is 0 Å². The van der Waals surface area contributed by atoms with E-state index in [4.69, 9.17) is 15.3 Å². The van der Waals surface area contributed by atoms with Gasteiger partial charge in [0, 0.05) is 30.1 Å². The highest BCUT2D eigenvalue weighted by Gasteiger charge is 2.15. The molecule has 0 unspecified atom stereocenters. The Hall–Kier alpha value is -4.72. The van der Waals surface area contributed by atoms with Gasteiger partial charge in [0.1, 0.15) is 11.6 Å². The Labute approximate surface area is 197 Å². The molecule has 7 nitrogen and oxygen atoms in total. The average molecular weight is 447 g/mol. The van der Waals surface area contributed by atoms with E-state index in [1.165, 1.54) is 0 Å². The maximum atomic E-state index is 10.1. The Morgan fingerprint density at radius 1 is 0.853 bits per heavy atom. The number of rotatable bonds is 7. The van der Waals surface area contributed by atoms with Gasteiger partial charge < -0.3 is 15.2 Å². The number of aromatic nitrogens is 2. The Kier molecular flexibility index (Phi) is 6.78. The second kappa shape index (κ2) is 10.3. The maximum Gasteiger partial charge on any atom is 0.154 e. The van der Waals surface area contributed by atoms with E-state index in [-0.39, 0.29) is 6.61 Å². The molecule has 0 spiro atoms. The van der Waals surface area contributed by atoms with Crippen molar-refractivity contribution in [3.8, 4) is 34.8 Å². The molecule has 0 atom stereocenters. The van der Waals surface area contributed by atoms with Crippen LogP contribution in [0.1, 0.15) is 27.9 Å². The van der Waals surface area contributed by atoms with Crippen molar-refractivity contribution < 1.29 is 9.84 Å². The van der Waals surface area contributed by atoms with Gasteiger partial charge in [0.2, 0.25) is 0 Å². The summed E-state index contributed by atoms with van der Waals surface area (Å²) in [5, 5.41) is 31.2. The molecule has 0 aliphatic rings. The molecule has 4 aromatic rings. The number of nitrogens with zero attached hydrogens (tertiary/aromatic N) is 4. The Morgan fingerprint density at radius 3 is 2.09 bits per heavy atom. The van der Waals surface area contributed by atoms with Crippen LogP contribution in [-0.4, -0.2) is 15.1 Å². The minimum atomic E-state index is -0.211. The number of ether oxygens (including phenoxy) is 1. The molecule has 2 N–H and O–H groups in total. The lowest BCUT2D eigenvalue weighted by Crippen LogP contribution is -2.08. The number of aliphatic hydroxyl groups is 1. The second-order valence-corrected chi connectivity index (χ2v) is 7.55. The van der Waals surface area contributed by atoms with Crippen LogP contribution in [0.4, 0.5) is 5.82 Å². The molecule has 2 aromatic heterocycles. The largest absolute Gasteiger partial charge is 0.455 e. The predicted molar refractivity (Wildman–Crippen MR) is 128 cm³/mol. The number of aliphatic hydroxyl groups excluding tert-OH is 1. The maximum absolute atomic E-state index is 10.1. The van der Waals surface area contributed by atoms with E-state index in [0.29, 0.717) is 46.2 Å². The first kappa shape index (κ1) is 22.5. The van der Waals surface area contributed by atoms with Crippen molar-refractivity contribution in [1.29, 1.82) is 10.5 Å². The fraction of sp³-hybridized carbons (Fsp3) is 0.111. The van der Waals surface area contributed by atoms with E-state index in [0.717, 1.165) is 16.7 Å². The van der Waals surface area contributed by atoms with E-state index in [2.05, 4.69) is 27.4 Å². The summed E-state index contributed by atoms with van der Waals surface area (Å²) >= 11 is 0. The quantitative estimate of drug-likeness (QED) is 0.405. The lowest BCUT2D eigenvalue weighted by molar-refractivity contribution is 0.274. The smallest absolute Gasteiger partial charge is 0.154 e. The van der Waals surface area contributed by atoms with Gasteiger partial charge in [0.15, 0.2) is 5.75 Å². The lowest BCUT2D eigenvalue weighted by Gasteiger charge is -2.16. The highest BCUT2D eigenvalue weighted by molar-refractivity contribution is 5.64. The Balaban J connectivity index is 1.49. The number of hydrogen-bond acceptors (Lipinski definition) is 7. The monoisotopic (exact) mass is 447 g/mol. The molecule has 4 rings (SSSR count). The number of anilines is 1. The van der Waals surface area contributed by atoms with E-state index in [9.17, 15) is 5.11 Å². The van der Waals surface area contributed by atoms with Crippen LogP contribution in [0.25, 0.3) is 11.1 Å². The molecule has 0 fully saturated rings. The van der Waals surface area contributed by atoms with Gasteiger partial charge in [0.25, 0.3) is 0 Å². The highest BCUT2D eigenvalue weighted by atomic mass is 16.5. The van der Waals surface area contributed by atoms with Gasteiger partial charge in [-0.2, -0.15) is 10.5 Å². The van der Waals surface area contributed by atoms with Crippen molar-refractivity contribution in [1.82, 2.24) is 9.97 Å². The average Bonchev–Trinajstić information content (AvgIpc) is 2.89. The fourth-order valence-corrected chi connectivity index (χ4v) is 3.44. The number of aryl methyl sites for hydroxylation is 1. The molecule has 0 bridgehead atoms. The second-order valence-electron chi connectivity index (χ2n) is 7.55. The topological polar surface area (TPSA) is 115 Å². The molecule has 34 heavy (non-hydrogen) atoms. The minimum absolute atomic E-state index is 0.211. The molecule has 0 amide bonds. The van der Waals surface area contributed by atoms with Crippen molar-refractivity contribution in [2.24, 2.45) is 0 Å². The van der Waals surface area contributed by atoms with E-state index < -0.39 is 0 Å². The normalized spacial score (nSPS) is 10.2. The lowest BCUT2D eigenvalue weighted by atomic mass is 10.1. The van der Waals surface area contributed by atoms with Crippen molar-refractivity contribution in [2.75, 3.05) is 5.32 Å². The standard InChI is InChI=1S/C27H21N5O2/c1-18-27(34-24-9-4-20(13-29)5-10-24)25(17-33)23(15-30-18)16-32-26-11-8-22(14-31-26)21-6-2-19(12-28)3-7-21/h2-11,14-15,33H,16-17H2,1H3,(H,31,32). The first-order valence-electron chi connectivity index (χ1n) is 10.6. The summed E-state index contributed by atoms with van der Waals surface area (Å²) < 4.78 is 6.01. The number of pyridine rings is 2. The van der Waals surface area contributed by atoms with Crippen LogP contribution < -0.4 is 10.1 Å². The molecule has 0 saturated heterocycles. The van der Waals surface area contributed by atoms with Crippen LogP contribution in [0.2, 0.25) is 0 Å². The van der Waals surface area contributed by atoms with E-state index in [1.807, 2.05) is 31.2 Å². The van der Waals surface area contributed by atoms with Crippen LogP contribution in [-0.2, 0) is 13.2 Å².